The summed E-state index contributed by atoms with van der Waals surface area (Å²) in [6, 6.07) is 4.36. The summed E-state index contributed by atoms with van der Waals surface area (Å²) in [6.45, 7) is 6.99. The van der Waals surface area contributed by atoms with Crippen LogP contribution in [0.1, 0.15) is 23.6 Å². The van der Waals surface area contributed by atoms with Crippen molar-refractivity contribution < 1.29 is 9.84 Å². The summed E-state index contributed by atoms with van der Waals surface area (Å²) >= 11 is 0. The quantitative estimate of drug-likeness (QED) is 0.799. The minimum Gasteiger partial charge on any atom is -0.496 e. The maximum atomic E-state index is 8.92. The minimum atomic E-state index is 0.128. The molecule has 1 aromatic rings. The molecule has 0 fully saturated rings. The molecule has 0 amide bonds. The Labute approximate surface area is 97.4 Å². The van der Waals surface area contributed by atoms with Crippen molar-refractivity contribution in [1.82, 2.24) is 5.32 Å². The molecule has 0 aliphatic heterocycles. The molecule has 90 valence electrons. The van der Waals surface area contributed by atoms with Crippen LogP contribution in [-0.2, 0) is 6.54 Å². The first kappa shape index (κ1) is 13.0. The number of hydrogen-bond donors (Lipinski definition) is 2. The molecule has 2 N–H and O–H groups in total. The molecule has 0 heterocycles. The monoisotopic (exact) mass is 223 g/mol. The smallest absolute Gasteiger partial charge is 0.124 e. The summed E-state index contributed by atoms with van der Waals surface area (Å²) in [4.78, 5) is 0. The highest BCUT2D eigenvalue weighted by Gasteiger charge is 2.06. The molecule has 0 aromatic heterocycles. The van der Waals surface area contributed by atoms with Crippen molar-refractivity contribution >= 4 is 0 Å². The van der Waals surface area contributed by atoms with Gasteiger partial charge >= 0.3 is 0 Å². The first-order valence-corrected chi connectivity index (χ1v) is 5.56. The summed E-state index contributed by atoms with van der Waals surface area (Å²) in [5, 5.41) is 12.2. The van der Waals surface area contributed by atoms with Gasteiger partial charge in [-0.15, -0.1) is 0 Å². The molecule has 0 bridgehead atoms. The minimum absolute atomic E-state index is 0.128. The zero-order valence-electron chi connectivity index (χ0n) is 10.5. The molecule has 1 atom stereocenters. The number of aryl methyl sites for hydroxylation is 2. The van der Waals surface area contributed by atoms with Crippen LogP contribution in [0.25, 0.3) is 0 Å². The highest BCUT2D eigenvalue weighted by molar-refractivity contribution is 5.43. The molecule has 1 unspecified atom stereocenters. The fourth-order valence-electron chi connectivity index (χ4n) is 1.82. The van der Waals surface area contributed by atoms with Gasteiger partial charge in [-0.2, -0.15) is 0 Å². The van der Waals surface area contributed by atoms with E-state index in [0.29, 0.717) is 0 Å². The van der Waals surface area contributed by atoms with E-state index in [0.717, 1.165) is 23.4 Å². The first-order chi connectivity index (χ1) is 7.58. The van der Waals surface area contributed by atoms with Crippen molar-refractivity contribution in [3.63, 3.8) is 0 Å². The molecule has 3 nitrogen and oxygen atoms in total. The van der Waals surface area contributed by atoms with E-state index in [-0.39, 0.29) is 12.6 Å². The van der Waals surface area contributed by atoms with E-state index in [1.807, 2.05) is 20.8 Å². The van der Waals surface area contributed by atoms with Gasteiger partial charge in [-0.3, -0.25) is 0 Å². The Morgan fingerprint density at radius 1 is 1.31 bits per heavy atom. The second-order valence-electron chi connectivity index (χ2n) is 4.23. The maximum absolute atomic E-state index is 8.92. The van der Waals surface area contributed by atoms with Crippen LogP contribution in [-0.4, -0.2) is 24.9 Å². The Morgan fingerprint density at radius 3 is 2.31 bits per heavy atom. The third kappa shape index (κ3) is 3.22. The number of nitrogens with one attached hydrogen (secondary N) is 1. The Balaban J connectivity index is 2.76. The number of aliphatic hydroxyl groups excluding tert-OH is 1. The Morgan fingerprint density at radius 2 is 1.88 bits per heavy atom. The lowest BCUT2D eigenvalue weighted by atomic mass is 10.1. The van der Waals surface area contributed by atoms with Crippen LogP contribution >= 0.6 is 0 Å². The van der Waals surface area contributed by atoms with Crippen molar-refractivity contribution in [2.75, 3.05) is 13.7 Å². The van der Waals surface area contributed by atoms with Crippen LogP contribution in [0, 0.1) is 13.8 Å². The normalized spacial score (nSPS) is 12.6. The highest BCUT2D eigenvalue weighted by Crippen LogP contribution is 2.24. The summed E-state index contributed by atoms with van der Waals surface area (Å²) < 4.78 is 5.32. The van der Waals surface area contributed by atoms with E-state index in [1.165, 1.54) is 5.56 Å². The fraction of sp³-hybridized carbons (Fsp3) is 0.538. The standard InChI is InChI=1S/C13H21NO2/c1-9-5-12(7-14-11(3)8-15)6-10(2)13(9)16-4/h5-6,11,14-15H,7-8H2,1-4H3. The topological polar surface area (TPSA) is 41.5 Å². The maximum Gasteiger partial charge on any atom is 0.124 e. The zero-order chi connectivity index (χ0) is 12.1. The number of methoxy groups -OCH3 is 1. The van der Waals surface area contributed by atoms with Gasteiger partial charge < -0.3 is 15.2 Å². The second-order valence-corrected chi connectivity index (χ2v) is 4.23. The second kappa shape index (κ2) is 5.87. The summed E-state index contributed by atoms with van der Waals surface area (Å²) in [6.07, 6.45) is 0. The molecule has 3 heteroatoms. The van der Waals surface area contributed by atoms with Gasteiger partial charge in [0.15, 0.2) is 0 Å². The average molecular weight is 223 g/mol. The van der Waals surface area contributed by atoms with E-state index >= 15 is 0 Å². The molecular weight excluding hydrogens is 202 g/mol. The Hall–Kier alpha value is -1.06. The van der Waals surface area contributed by atoms with Gasteiger partial charge in [0, 0.05) is 12.6 Å². The van der Waals surface area contributed by atoms with E-state index < -0.39 is 0 Å². The number of rotatable bonds is 5. The third-order valence-corrected chi connectivity index (χ3v) is 2.65. The van der Waals surface area contributed by atoms with Crippen LogP contribution in [0.2, 0.25) is 0 Å². The third-order valence-electron chi connectivity index (χ3n) is 2.65. The Kier molecular flexibility index (Phi) is 4.77. The van der Waals surface area contributed by atoms with E-state index in [1.54, 1.807) is 7.11 Å². The Bertz CT molecular complexity index is 327. The lowest BCUT2D eigenvalue weighted by Gasteiger charge is -2.14. The van der Waals surface area contributed by atoms with Crippen LogP contribution < -0.4 is 10.1 Å². The van der Waals surface area contributed by atoms with Gasteiger partial charge in [0.25, 0.3) is 0 Å². The lowest BCUT2D eigenvalue weighted by Crippen LogP contribution is -2.28. The number of hydrogen-bond acceptors (Lipinski definition) is 3. The fourth-order valence-corrected chi connectivity index (χ4v) is 1.82. The van der Waals surface area contributed by atoms with Gasteiger partial charge in [-0.05, 0) is 37.5 Å². The highest BCUT2D eigenvalue weighted by atomic mass is 16.5. The molecule has 1 aromatic carbocycles. The molecular formula is C13H21NO2. The molecule has 1 rings (SSSR count). The zero-order valence-corrected chi connectivity index (χ0v) is 10.5. The average Bonchev–Trinajstić information content (AvgIpc) is 2.25. The van der Waals surface area contributed by atoms with Gasteiger partial charge in [0.05, 0.1) is 13.7 Å². The van der Waals surface area contributed by atoms with Crippen molar-refractivity contribution in [2.24, 2.45) is 0 Å². The van der Waals surface area contributed by atoms with Crippen LogP contribution in [0.4, 0.5) is 0 Å². The van der Waals surface area contributed by atoms with Crippen molar-refractivity contribution in [2.45, 2.75) is 33.4 Å². The van der Waals surface area contributed by atoms with E-state index in [9.17, 15) is 0 Å². The van der Waals surface area contributed by atoms with E-state index in [2.05, 4.69) is 17.4 Å². The molecule has 0 saturated carbocycles. The molecule has 0 radical (unpaired) electrons. The van der Waals surface area contributed by atoms with Gasteiger partial charge in [-0.1, -0.05) is 12.1 Å². The van der Waals surface area contributed by atoms with Crippen LogP contribution in [0.3, 0.4) is 0 Å². The lowest BCUT2D eigenvalue weighted by molar-refractivity contribution is 0.251. The molecule has 16 heavy (non-hydrogen) atoms. The van der Waals surface area contributed by atoms with Gasteiger partial charge in [-0.25, -0.2) is 0 Å². The van der Waals surface area contributed by atoms with Crippen molar-refractivity contribution in [1.29, 1.82) is 0 Å². The number of benzene rings is 1. The summed E-state index contributed by atoms with van der Waals surface area (Å²) in [5.41, 5.74) is 3.52. The van der Waals surface area contributed by atoms with Crippen LogP contribution in [0.15, 0.2) is 12.1 Å². The predicted octanol–water partition coefficient (Wildman–Crippen LogP) is 1.78. The largest absolute Gasteiger partial charge is 0.496 e. The van der Waals surface area contributed by atoms with E-state index in [4.69, 9.17) is 9.84 Å². The molecule has 0 spiro atoms. The molecule has 0 saturated heterocycles. The molecule has 0 aliphatic carbocycles. The first-order valence-electron chi connectivity index (χ1n) is 5.56. The summed E-state index contributed by atoms with van der Waals surface area (Å²) in [7, 11) is 1.70. The summed E-state index contributed by atoms with van der Waals surface area (Å²) in [5.74, 6) is 0.957. The SMILES string of the molecule is COc1c(C)cc(CNC(C)CO)cc1C. The van der Waals surface area contributed by atoms with Crippen molar-refractivity contribution in [3.8, 4) is 5.75 Å². The predicted molar refractivity (Wildman–Crippen MR) is 65.9 cm³/mol. The number of aliphatic hydroxyl groups is 1. The van der Waals surface area contributed by atoms with Gasteiger partial charge in [0.2, 0.25) is 0 Å². The van der Waals surface area contributed by atoms with Crippen LogP contribution in [0.5, 0.6) is 5.75 Å². The molecule has 0 aliphatic rings. The van der Waals surface area contributed by atoms with Crippen molar-refractivity contribution in [3.05, 3.63) is 28.8 Å². The van der Waals surface area contributed by atoms with Gasteiger partial charge in [0.1, 0.15) is 5.75 Å². The number of ether oxygens (including phenoxy) is 1.